The molecule has 0 saturated carbocycles. The molecule has 1 aliphatic heterocycles. The molecule has 1 saturated heterocycles. The largest absolute Gasteiger partial charge is 0.507 e. The Morgan fingerprint density at radius 3 is 3.00 bits per heavy atom. The molecule has 4 nitrogen and oxygen atoms in total. The summed E-state index contributed by atoms with van der Waals surface area (Å²) in [6, 6.07) is 3.36. The van der Waals surface area contributed by atoms with E-state index < -0.39 is 11.7 Å². The molecule has 2 rings (SSSR count). The van der Waals surface area contributed by atoms with E-state index in [0.717, 1.165) is 38.0 Å². The lowest BCUT2D eigenvalue weighted by Crippen LogP contribution is -2.37. The van der Waals surface area contributed by atoms with Crippen molar-refractivity contribution in [2.45, 2.75) is 25.4 Å². The van der Waals surface area contributed by atoms with Crippen molar-refractivity contribution in [3.8, 4) is 5.75 Å². The lowest BCUT2D eigenvalue weighted by molar-refractivity contribution is -0.000246. The third kappa shape index (κ3) is 3.44. The number of halogens is 1. The molecule has 1 heterocycles. The highest BCUT2D eigenvalue weighted by atomic mass is 19.1. The fourth-order valence-electron chi connectivity index (χ4n) is 2.22. The van der Waals surface area contributed by atoms with Crippen LogP contribution in [0.4, 0.5) is 4.39 Å². The summed E-state index contributed by atoms with van der Waals surface area (Å²) in [7, 11) is 1.63. The number of carbonyl (C=O) groups is 1. The van der Waals surface area contributed by atoms with Crippen LogP contribution in [0.1, 0.15) is 29.6 Å². The Morgan fingerprint density at radius 2 is 2.32 bits per heavy atom. The van der Waals surface area contributed by atoms with Crippen LogP contribution in [0.3, 0.4) is 0 Å². The number of phenolic OH excluding ortho intramolecular Hbond substituents is 1. The second-order valence-corrected chi connectivity index (χ2v) is 4.84. The van der Waals surface area contributed by atoms with Gasteiger partial charge in [0.05, 0.1) is 11.7 Å². The molecule has 1 unspecified atom stereocenters. The number of benzene rings is 1. The molecular weight excluding hydrogens is 249 g/mol. The first-order valence-corrected chi connectivity index (χ1v) is 6.43. The Bertz CT molecular complexity index is 458. The van der Waals surface area contributed by atoms with Gasteiger partial charge < -0.3 is 14.7 Å². The molecule has 0 bridgehead atoms. The van der Waals surface area contributed by atoms with Crippen molar-refractivity contribution in [3.05, 3.63) is 29.6 Å². The summed E-state index contributed by atoms with van der Waals surface area (Å²) in [5.41, 5.74) is -0.0155. The molecule has 104 valence electrons. The van der Waals surface area contributed by atoms with Crippen LogP contribution >= 0.6 is 0 Å². The van der Waals surface area contributed by atoms with Crippen LogP contribution in [0.5, 0.6) is 5.75 Å². The summed E-state index contributed by atoms with van der Waals surface area (Å²) >= 11 is 0. The van der Waals surface area contributed by atoms with Crippen LogP contribution in [0.25, 0.3) is 0 Å². The van der Waals surface area contributed by atoms with Crippen molar-refractivity contribution < 1.29 is 19.0 Å². The van der Waals surface area contributed by atoms with Crippen LogP contribution in [0.15, 0.2) is 18.2 Å². The van der Waals surface area contributed by atoms with Gasteiger partial charge in [0.25, 0.3) is 5.91 Å². The lowest BCUT2D eigenvalue weighted by Gasteiger charge is -2.27. The predicted molar refractivity (Wildman–Crippen MR) is 68.6 cm³/mol. The molecule has 1 aromatic rings. The highest BCUT2D eigenvalue weighted by molar-refractivity contribution is 5.96. The number of rotatable bonds is 3. The average molecular weight is 267 g/mol. The van der Waals surface area contributed by atoms with Crippen LogP contribution < -0.4 is 0 Å². The van der Waals surface area contributed by atoms with Crippen LogP contribution in [0, 0.1) is 5.82 Å². The third-order valence-electron chi connectivity index (χ3n) is 3.29. The number of carbonyl (C=O) groups excluding carboxylic acids is 1. The van der Waals surface area contributed by atoms with E-state index in [-0.39, 0.29) is 17.4 Å². The van der Waals surface area contributed by atoms with Crippen LogP contribution in [0.2, 0.25) is 0 Å². The Morgan fingerprint density at radius 1 is 1.53 bits per heavy atom. The van der Waals surface area contributed by atoms with E-state index in [9.17, 15) is 14.3 Å². The van der Waals surface area contributed by atoms with E-state index in [2.05, 4.69) is 0 Å². The fraction of sp³-hybridized carbons (Fsp3) is 0.500. The third-order valence-corrected chi connectivity index (χ3v) is 3.29. The number of phenols is 1. The van der Waals surface area contributed by atoms with Crippen molar-refractivity contribution in [1.82, 2.24) is 4.90 Å². The summed E-state index contributed by atoms with van der Waals surface area (Å²) in [4.78, 5) is 13.6. The highest BCUT2D eigenvalue weighted by Crippen LogP contribution is 2.20. The molecule has 0 aliphatic carbocycles. The molecular formula is C14H18FNO3. The monoisotopic (exact) mass is 267 g/mol. The number of hydrogen-bond acceptors (Lipinski definition) is 3. The Labute approximate surface area is 111 Å². The second kappa shape index (κ2) is 6.02. The van der Waals surface area contributed by atoms with Gasteiger partial charge in [0.2, 0.25) is 0 Å². The second-order valence-electron chi connectivity index (χ2n) is 4.84. The van der Waals surface area contributed by atoms with Crippen molar-refractivity contribution >= 4 is 5.91 Å². The number of nitrogens with zero attached hydrogens (tertiary/aromatic N) is 1. The van der Waals surface area contributed by atoms with Crippen molar-refractivity contribution in [2.24, 2.45) is 0 Å². The molecule has 0 spiro atoms. The molecule has 5 heteroatoms. The van der Waals surface area contributed by atoms with Gasteiger partial charge in [0.1, 0.15) is 11.6 Å². The van der Waals surface area contributed by atoms with E-state index in [1.54, 1.807) is 7.05 Å². The molecule has 1 fully saturated rings. The number of aromatic hydroxyl groups is 1. The van der Waals surface area contributed by atoms with Crippen LogP contribution in [-0.4, -0.2) is 42.2 Å². The Kier molecular flexibility index (Phi) is 4.37. The maximum absolute atomic E-state index is 13.1. The lowest BCUT2D eigenvalue weighted by atomic mass is 10.1. The van der Waals surface area contributed by atoms with Gasteiger partial charge in [0, 0.05) is 20.2 Å². The minimum absolute atomic E-state index is 0.0155. The zero-order valence-electron chi connectivity index (χ0n) is 10.9. The summed E-state index contributed by atoms with van der Waals surface area (Å²) in [6.45, 7) is 1.17. The Balaban J connectivity index is 2.03. The maximum atomic E-state index is 13.1. The number of likely N-dealkylation sites (N-methyl/N-ethyl adjacent to an activating group) is 1. The van der Waals surface area contributed by atoms with Gasteiger partial charge in [-0.25, -0.2) is 4.39 Å². The number of ether oxygens (including phenoxy) is 1. The van der Waals surface area contributed by atoms with Gasteiger partial charge in [-0.15, -0.1) is 0 Å². The van der Waals surface area contributed by atoms with Gasteiger partial charge in [-0.2, -0.15) is 0 Å². The zero-order chi connectivity index (χ0) is 13.8. The first-order valence-electron chi connectivity index (χ1n) is 6.43. The summed E-state index contributed by atoms with van der Waals surface area (Å²) in [5.74, 6) is -1.14. The molecule has 0 radical (unpaired) electrons. The molecule has 0 aromatic heterocycles. The maximum Gasteiger partial charge on any atom is 0.257 e. The number of amides is 1. The van der Waals surface area contributed by atoms with Gasteiger partial charge in [-0.1, -0.05) is 0 Å². The summed E-state index contributed by atoms with van der Waals surface area (Å²) < 4.78 is 18.7. The van der Waals surface area contributed by atoms with E-state index in [1.165, 1.54) is 11.0 Å². The van der Waals surface area contributed by atoms with Crippen molar-refractivity contribution in [1.29, 1.82) is 0 Å². The van der Waals surface area contributed by atoms with Crippen LogP contribution in [-0.2, 0) is 4.74 Å². The predicted octanol–water partition coefficient (Wildman–Crippen LogP) is 2.17. The first-order chi connectivity index (χ1) is 9.08. The van der Waals surface area contributed by atoms with E-state index >= 15 is 0 Å². The topological polar surface area (TPSA) is 49.8 Å². The standard InChI is InChI=1S/C14H18FNO3/c1-16(9-11-4-2-3-7-19-11)14(18)12-8-10(15)5-6-13(12)17/h5-6,8,11,17H,2-4,7,9H2,1H3. The molecule has 1 atom stereocenters. The van der Waals surface area contributed by atoms with Gasteiger partial charge >= 0.3 is 0 Å². The van der Waals surface area contributed by atoms with Crippen molar-refractivity contribution in [2.75, 3.05) is 20.2 Å². The smallest absolute Gasteiger partial charge is 0.257 e. The molecule has 1 N–H and O–H groups in total. The minimum atomic E-state index is -0.538. The van der Waals surface area contributed by atoms with E-state index in [1.807, 2.05) is 0 Å². The SMILES string of the molecule is CN(CC1CCCCO1)C(=O)c1cc(F)ccc1O. The molecule has 1 amide bonds. The average Bonchev–Trinajstić information content (AvgIpc) is 2.42. The highest BCUT2D eigenvalue weighted by Gasteiger charge is 2.21. The zero-order valence-corrected chi connectivity index (χ0v) is 10.9. The van der Waals surface area contributed by atoms with Gasteiger partial charge in [-0.3, -0.25) is 4.79 Å². The number of hydrogen-bond donors (Lipinski definition) is 1. The Hall–Kier alpha value is -1.62. The van der Waals surface area contributed by atoms with E-state index in [0.29, 0.717) is 6.54 Å². The fourth-order valence-corrected chi connectivity index (χ4v) is 2.22. The summed E-state index contributed by atoms with van der Waals surface area (Å²) in [6.07, 6.45) is 3.10. The van der Waals surface area contributed by atoms with E-state index in [4.69, 9.17) is 4.74 Å². The summed E-state index contributed by atoms with van der Waals surface area (Å²) in [5, 5.41) is 9.61. The molecule has 19 heavy (non-hydrogen) atoms. The minimum Gasteiger partial charge on any atom is -0.507 e. The quantitative estimate of drug-likeness (QED) is 0.913. The van der Waals surface area contributed by atoms with Gasteiger partial charge in [-0.05, 0) is 37.5 Å². The van der Waals surface area contributed by atoms with Crippen molar-refractivity contribution in [3.63, 3.8) is 0 Å². The molecule has 1 aliphatic rings. The molecule has 1 aromatic carbocycles. The normalized spacial score (nSPS) is 19.2. The van der Waals surface area contributed by atoms with Gasteiger partial charge in [0.15, 0.2) is 0 Å². The first kappa shape index (κ1) is 13.8.